The number of thiol groups is 1. The standard InChI is InChI=1S/C12H21NS/c1-5-9(6-2)11(13)12(14)10(7-3)8-4/h5,7,9-10,14H,1,3,6,8,13H2,2,4H3/b12-11-. The van der Waals surface area contributed by atoms with Gasteiger partial charge in [0.1, 0.15) is 0 Å². The van der Waals surface area contributed by atoms with Crippen molar-refractivity contribution >= 4 is 12.6 Å². The predicted octanol–water partition coefficient (Wildman–Crippen LogP) is 3.51. The normalized spacial score (nSPS) is 16.8. The van der Waals surface area contributed by atoms with Gasteiger partial charge in [0, 0.05) is 22.4 Å². The summed E-state index contributed by atoms with van der Waals surface area (Å²) in [5.41, 5.74) is 6.85. The van der Waals surface area contributed by atoms with Gasteiger partial charge in [0.15, 0.2) is 0 Å². The summed E-state index contributed by atoms with van der Waals surface area (Å²) >= 11 is 4.46. The van der Waals surface area contributed by atoms with Crippen molar-refractivity contribution in [1.82, 2.24) is 0 Å². The lowest BCUT2D eigenvalue weighted by Gasteiger charge is -2.17. The molecule has 2 unspecified atom stereocenters. The van der Waals surface area contributed by atoms with E-state index in [0.29, 0.717) is 0 Å². The second kappa shape index (κ2) is 6.77. The van der Waals surface area contributed by atoms with Crippen LogP contribution in [0.15, 0.2) is 35.9 Å². The zero-order chi connectivity index (χ0) is 11.1. The number of rotatable bonds is 6. The van der Waals surface area contributed by atoms with E-state index in [0.717, 1.165) is 23.4 Å². The largest absolute Gasteiger partial charge is 0.401 e. The van der Waals surface area contributed by atoms with Crippen LogP contribution in [0.3, 0.4) is 0 Å². The summed E-state index contributed by atoms with van der Waals surface area (Å²) in [6.07, 6.45) is 5.72. The quantitative estimate of drug-likeness (QED) is 0.510. The van der Waals surface area contributed by atoms with E-state index in [4.69, 9.17) is 5.73 Å². The molecule has 2 heteroatoms. The molecule has 0 heterocycles. The molecule has 14 heavy (non-hydrogen) atoms. The van der Waals surface area contributed by atoms with Crippen LogP contribution in [0.5, 0.6) is 0 Å². The van der Waals surface area contributed by atoms with E-state index in [1.165, 1.54) is 0 Å². The molecule has 1 nitrogen and oxygen atoms in total. The van der Waals surface area contributed by atoms with Crippen molar-refractivity contribution in [2.24, 2.45) is 17.6 Å². The highest BCUT2D eigenvalue weighted by atomic mass is 32.1. The van der Waals surface area contributed by atoms with E-state index < -0.39 is 0 Å². The number of hydrogen-bond acceptors (Lipinski definition) is 2. The van der Waals surface area contributed by atoms with E-state index in [2.05, 4.69) is 39.6 Å². The summed E-state index contributed by atoms with van der Waals surface area (Å²) in [5, 5.41) is 0. The highest BCUT2D eigenvalue weighted by molar-refractivity contribution is 7.84. The Morgan fingerprint density at radius 3 is 1.93 bits per heavy atom. The lowest BCUT2D eigenvalue weighted by molar-refractivity contribution is 0.682. The molecular formula is C12H21NS. The summed E-state index contributed by atoms with van der Waals surface area (Å²) in [6.45, 7) is 11.7. The predicted molar refractivity (Wildman–Crippen MR) is 68.2 cm³/mol. The first-order valence-electron chi connectivity index (χ1n) is 5.05. The van der Waals surface area contributed by atoms with Crippen LogP contribution in [0.2, 0.25) is 0 Å². The van der Waals surface area contributed by atoms with Crippen molar-refractivity contribution in [2.75, 3.05) is 0 Å². The van der Waals surface area contributed by atoms with Crippen LogP contribution in [-0.2, 0) is 0 Å². The van der Waals surface area contributed by atoms with Gasteiger partial charge in [-0.15, -0.1) is 25.8 Å². The first-order valence-corrected chi connectivity index (χ1v) is 5.50. The molecule has 0 aliphatic carbocycles. The minimum absolute atomic E-state index is 0.233. The third-order valence-electron chi connectivity index (χ3n) is 2.50. The minimum atomic E-state index is 0.233. The summed E-state index contributed by atoms with van der Waals surface area (Å²) in [4.78, 5) is 0.939. The zero-order valence-electron chi connectivity index (χ0n) is 9.16. The first kappa shape index (κ1) is 13.4. The van der Waals surface area contributed by atoms with Crippen LogP contribution in [0.25, 0.3) is 0 Å². The van der Waals surface area contributed by atoms with Crippen LogP contribution >= 0.6 is 12.6 Å². The molecule has 80 valence electrons. The summed E-state index contributed by atoms with van der Waals surface area (Å²) in [5.74, 6) is 0.504. The summed E-state index contributed by atoms with van der Waals surface area (Å²) < 4.78 is 0. The molecule has 0 aromatic heterocycles. The van der Waals surface area contributed by atoms with Gasteiger partial charge in [-0.2, -0.15) is 0 Å². The van der Waals surface area contributed by atoms with Crippen molar-refractivity contribution in [3.8, 4) is 0 Å². The highest BCUT2D eigenvalue weighted by Crippen LogP contribution is 2.26. The van der Waals surface area contributed by atoms with Gasteiger partial charge in [0.2, 0.25) is 0 Å². The van der Waals surface area contributed by atoms with Gasteiger partial charge in [-0.1, -0.05) is 26.0 Å². The topological polar surface area (TPSA) is 26.0 Å². The molecular weight excluding hydrogens is 190 g/mol. The van der Waals surface area contributed by atoms with Gasteiger partial charge in [-0.3, -0.25) is 0 Å². The number of hydrogen-bond donors (Lipinski definition) is 2. The molecule has 0 saturated carbocycles. The third-order valence-corrected chi connectivity index (χ3v) is 3.08. The van der Waals surface area contributed by atoms with Crippen LogP contribution in [-0.4, -0.2) is 0 Å². The average Bonchev–Trinajstić information content (AvgIpc) is 2.21. The van der Waals surface area contributed by atoms with Gasteiger partial charge < -0.3 is 5.73 Å². The second-order valence-electron chi connectivity index (χ2n) is 3.34. The van der Waals surface area contributed by atoms with Crippen molar-refractivity contribution in [2.45, 2.75) is 26.7 Å². The maximum atomic E-state index is 6.02. The molecule has 0 spiro atoms. The van der Waals surface area contributed by atoms with Gasteiger partial charge in [-0.25, -0.2) is 0 Å². The van der Waals surface area contributed by atoms with E-state index in [1.807, 2.05) is 12.2 Å². The Morgan fingerprint density at radius 2 is 1.64 bits per heavy atom. The lowest BCUT2D eigenvalue weighted by atomic mass is 9.97. The summed E-state index contributed by atoms with van der Waals surface area (Å²) in [6, 6.07) is 0. The van der Waals surface area contributed by atoms with Crippen LogP contribution in [0.1, 0.15) is 26.7 Å². The van der Waals surface area contributed by atoms with Crippen molar-refractivity contribution in [3.05, 3.63) is 35.9 Å². The SMILES string of the molecule is C=CC(CC)/C(N)=C(/S)C(C=C)CC. The molecule has 0 bridgehead atoms. The molecule has 0 fully saturated rings. The Labute approximate surface area is 93.2 Å². The molecule has 0 amide bonds. The lowest BCUT2D eigenvalue weighted by Crippen LogP contribution is -2.13. The Bertz CT molecular complexity index is 206. The molecule has 0 aromatic rings. The Balaban J connectivity index is 4.86. The molecule has 0 saturated heterocycles. The average molecular weight is 211 g/mol. The fraction of sp³-hybridized carbons (Fsp3) is 0.500. The first-order chi connectivity index (χ1) is 6.62. The molecule has 0 radical (unpaired) electrons. The Hall–Kier alpha value is -0.630. The molecule has 2 N–H and O–H groups in total. The monoisotopic (exact) mass is 211 g/mol. The maximum absolute atomic E-state index is 6.02. The molecule has 0 rings (SSSR count). The van der Waals surface area contributed by atoms with E-state index in [1.54, 1.807) is 0 Å². The number of allylic oxidation sites excluding steroid dienone is 3. The van der Waals surface area contributed by atoms with Crippen molar-refractivity contribution in [3.63, 3.8) is 0 Å². The fourth-order valence-electron chi connectivity index (χ4n) is 1.39. The van der Waals surface area contributed by atoms with Gasteiger partial charge in [0.05, 0.1) is 0 Å². The van der Waals surface area contributed by atoms with E-state index in [-0.39, 0.29) is 11.8 Å². The number of nitrogens with two attached hydrogens (primary N) is 1. The molecule has 2 atom stereocenters. The molecule has 0 aliphatic heterocycles. The Morgan fingerprint density at radius 1 is 1.21 bits per heavy atom. The van der Waals surface area contributed by atoms with Gasteiger partial charge >= 0.3 is 0 Å². The Kier molecular flexibility index (Phi) is 6.46. The third kappa shape index (κ3) is 3.26. The fourth-order valence-corrected chi connectivity index (χ4v) is 1.84. The molecule has 0 aromatic carbocycles. The minimum Gasteiger partial charge on any atom is -0.401 e. The van der Waals surface area contributed by atoms with E-state index in [9.17, 15) is 0 Å². The van der Waals surface area contributed by atoms with E-state index >= 15 is 0 Å². The van der Waals surface area contributed by atoms with Crippen molar-refractivity contribution < 1.29 is 0 Å². The highest BCUT2D eigenvalue weighted by Gasteiger charge is 2.13. The smallest absolute Gasteiger partial charge is 0.0250 e. The van der Waals surface area contributed by atoms with Crippen molar-refractivity contribution in [1.29, 1.82) is 0 Å². The van der Waals surface area contributed by atoms with Gasteiger partial charge in [-0.05, 0) is 12.8 Å². The maximum Gasteiger partial charge on any atom is 0.0250 e. The molecule has 0 aliphatic rings. The second-order valence-corrected chi connectivity index (χ2v) is 3.82. The van der Waals surface area contributed by atoms with Crippen LogP contribution in [0.4, 0.5) is 0 Å². The summed E-state index contributed by atoms with van der Waals surface area (Å²) in [7, 11) is 0. The van der Waals surface area contributed by atoms with Gasteiger partial charge in [0.25, 0.3) is 0 Å². The zero-order valence-corrected chi connectivity index (χ0v) is 10.1. The van der Waals surface area contributed by atoms with Crippen LogP contribution < -0.4 is 5.73 Å². The van der Waals surface area contributed by atoms with Crippen LogP contribution in [0, 0.1) is 11.8 Å².